The van der Waals surface area contributed by atoms with Gasteiger partial charge in [0.1, 0.15) is 5.75 Å². The Labute approximate surface area is 99.4 Å². The molecule has 0 spiro atoms. The minimum Gasteiger partial charge on any atom is -0.507 e. The van der Waals surface area contributed by atoms with E-state index >= 15 is 0 Å². The van der Waals surface area contributed by atoms with E-state index in [0.29, 0.717) is 16.8 Å². The van der Waals surface area contributed by atoms with E-state index < -0.39 is 5.97 Å². The molecule has 0 atom stereocenters. The highest BCUT2D eigenvalue weighted by Gasteiger charge is 2.01. The van der Waals surface area contributed by atoms with E-state index in [1.54, 1.807) is 19.1 Å². The lowest BCUT2D eigenvalue weighted by Gasteiger charge is -2.01. The van der Waals surface area contributed by atoms with Gasteiger partial charge < -0.3 is 15.6 Å². The van der Waals surface area contributed by atoms with E-state index in [2.05, 4.69) is 11.8 Å². The summed E-state index contributed by atoms with van der Waals surface area (Å²) in [7, 11) is 0. The highest BCUT2D eigenvalue weighted by Crippen LogP contribution is 2.17. The van der Waals surface area contributed by atoms with Gasteiger partial charge in [-0.1, -0.05) is 11.8 Å². The van der Waals surface area contributed by atoms with Gasteiger partial charge in [0.2, 0.25) is 0 Å². The van der Waals surface area contributed by atoms with Crippen molar-refractivity contribution in [2.75, 3.05) is 0 Å². The molecular weight excluding hydrogens is 218 g/mol. The molecule has 0 bridgehead atoms. The Kier molecular flexibility index (Phi) is 4.29. The molecule has 0 unspecified atom stereocenters. The van der Waals surface area contributed by atoms with Crippen molar-refractivity contribution in [1.82, 2.24) is 0 Å². The first-order valence-corrected chi connectivity index (χ1v) is 5.10. The van der Waals surface area contributed by atoms with Gasteiger partial charge in [0.25, 0.3) is 0 Å². The summed E-state index contributed by atoms with van der Waals surface area (Å²) in [5, 5.41) is 25.4. The fourth-order valence-corrected chi connectivity index (χ4v) is 1.20. The maximum absolute atomic E-state index is 10.3. The summed E-state index contributed by atoms with van der Waals surface area (Å²) in [5.41, 5.74) is 1.49. The van der Waals surface area contributed by atoms with Crippen LogP contribution in [0.5, 0.6) is 5.75 Å². The van der Waals surface area contributed by atoms with Crippen LogP contribution in [0.15, 0.2) is 18.2 Å². The average molecular weight is 231 g/mol. The van der Waals surface area contributed by atoms with Crippen LogP contribution in [0.25, 0.3) is 0 Å². The molecule has 4 heteroatoms. The summed E-state index contributed by atoms with van der Waals surface area (Å²) in [6, 6.07) is 4.74. The SMILES string of the molecule is CC(=N)c1ccc(O)c(C#CCCC(=O)O)c1. The number of phenols is 1. The Morgan fingerprint density at radius 3 is 2.76 bits per heavy atom. The number of aromatic hydroxyl groups is 1. The second-order valence-corrected chi connectivity index (χ2v) is 3.55. The molecule has 0 aromatic heterocycles. The standard InChI is InChI=1S/C13H13NO3/c1-9(14)10-6-7-12(15)11(8-10)4-2-3-5-13(16)17/h6-8,14-15H,3,5H2,1H3,(H,16,17). The van der Waals surface area contributed by atoms with E-state index in [0.717, 1.165) is 0 Å². The predicted octanol–water partition coefficient (Wildman–Crippen LogP) is 2.00. The molecule has 0 amide bonds. The molecule has 0 fully saturated rings. The molecule has 0 aliphatic heterocycles. The number of aliphatic carboxylic acids is 1. The molecule has 88 valence electrons. The van der Waals surface area contributed by atoms with E-state index in [1.165, 1.54) is 6.07 Å². The van der Waals surface area contributed by atoms with Crippen molar-refractivity contribution in [2.24, 2.45) is 0 Å². The van der Waals surface area contributed by atoms with Gasteiger partial charge >= 0.3 is 5.97 Å². The van der Waals surface area contributed by atoms with E-state index in [-0.39, 0.29) is 18.6 Å². The summed E-state index contributed by atoms with van der Waals surface area (Å²) < 4.78 is 0. The molecule has 17 heavy (non-hydrogen) atoms. The molecule has 0 aliphatic rings. The third-order valence-electron chi connectivity index (χ3n) is 2.12. The Bertz CT molecular complexity index is 509. The largest absolute Gasteiger partial charge is 0.507 e. The molecule has 3 N–H and O–H groups in total. The molecule has 0 saturated carbocycles. The van der Waals surface area contributed by atoms with Crippen LogP contribution in [0.3, 0.4) is 0 Å². The number of carboxylic acids is 1. The topological polar surface area (TPSA) is 81.4 Å². The molecule has 0 saturated heterocycles. The van der Waals surface area contributed by atoms with Gasteiger partial charge in [-0.3, -0.25) is 4.79 Å². The number of benzene rings is 1. The summed E-state index contributed by atoms with van der Waals surface area (Å²) in [6.07, 6.45) is 0.222. The van der Waals surface area contributed by atoms with Crippen LogP contribution in [0.4, 0.5) is 0 Å². The van der Waals surface area contributed by atoms with Gasteiger partial charge in [-0.05, 0) is 30.7 Å². The number of rotatable bonds is 3. The van der Waals surface area contributed by atoms with Crippen molar-refractivity contribution in [1.29, 1.82) is 5.41 Å². The van der Waals surface area contributed by atoms with Crippen LogP contribution in [0.1, 0.15) is 30.9 Å². The Hall–Kier alpha value is -2.28. The van der Waals surface area contributed by atoms with Gasteiger partial charge in [-0.2, -0.15) is 0 Å². The van der Waals surface area contributed by atoms with Crippen LogP contribution >= 0.6 is 0 Å². The number of carbonyl (C=O) groups is 1. The zero-order valence-corrected chi connectivity index (χ0v) is 9.45. The summed E-state index contributed by atoms with van der Waals surface area (Å²) in [4.78, 5) is 10.3. The Balaban J connectivity index is 2.86. The monoisotopic (exact) mass is 231 g/mol. The fourth-order valence-electron chi connectivity index (χ4n) is 1.20. The first-order valence-electron chi connectivity index (χ1n) is 5.10. The van der Waals surface area contributed by atoms with Crippen LogP contribution in [-0.4, -0.2) is 21.9 Å². The first-order chi connectivity index (χ1) is 8.00. The molecular formula is C13H13NO3. The van der Waals surface area contributed by atoms with Crippen LogP contribution in [0.2, 0.25) is 0 Å². The Morgan fingerprint density at radius 1 is 1.47 bits per heavy atom. The molecule has 4 nitrogen and oxygen atoms in total. The van der Waals surface area contributed by atoms with Crippen LogP contribution in [-0.2, 0) is 4.79 Å². The zero-order chi connectivity index (χ0) is 12.8. The van der Waals surface area contributed by atoms with Crippen molar-refractivity contribution < 1.29 is 15.0 Å². The summed E-state index contributed by atoms with van der Waals surface area (Å²) >= 11 is 0. The van der Waals surface area contributed by atoms with Crippen LogP contribution < -0.4 is 0 Å². The Morgan fingerprint density at radius 2 is 2.18 bits per heavy atom. The minimum atomic E-state index is -0.896. The van der Waals surface area contributed by atoms with E-state index in [9.17, 15) is 9.90 Å². The molecule has 0 aliphatic carbocycles. The van der Waals surface area contributed by atoms with Crippen molar-refractivity contribution in [3.63, 3.8) is 0 Å². The molecule has 0 heterocycles. The third kappa shape index (κ3) is 3.99. The van der Waals surface area contributed by atoms with Crippen molar-refractivity contribution in [3.05, 3.63) is 29.3 Å². The lowest BCUT2D eigenvalue weighted by Crippen LogP contribution is -1.93. The fraction of sp³-hybridized carbons (Fsp3) is 0.231. The summed E-state index contributed by atoms with van der Waals surface area (Å²) in [5.74, 6) is 4.53. The number of carboxylic acid groups (broad SMARTS) is 1. The number of hydrogen-bond donors (Lipinski definition) is 3. The minimum absolute atomic E-state index is 0.0168. The van der Waals surface area contributed by atoms with Crippen molar-refractivity contribution >= 4 is 11.7 Å². The van der Waals surface area contributed by atoms with Gasteiger partial charge in [0.05, 0.1) is 12.0 Å². The molecule has 1 aromatic carbocycles. The normalized spacial score (nSPS) is 9.24. The quantitative estimate of drug-likeness (QED) is 0.549. The zero-order valence-electron chi connectivity index (χ0n) is 9.45. The summed E-state index contributed by atoms with van der Waals surface area (Å²) in [6.45, 7) is 1.65. The highest BCUT2D eigenvalue weighted by molar-refractivity contribution is 5.96. The van der Waals surface area contributed by atoms with Crippen molar-refractivity contribution in [2.45, 2.75) is 19.8 Å². The first kappa shape index (κ1) is 12.8. The van der Waals surface area contributed by atoms with Gasteiger partial charge in [-0.15, -0.1) is 0 Å². The maximum atomic E-state index is 10.3. The predicted molar refractivity (Wildman–Crippen MR) is 64.4 cm³/mol. The number of hydrogen-bond acceptors (Lipinski definition) is 3. The average Bonchev–Trinajstić information content (AvgIpc) is 2.25. The highest BCUT2D eigenvalue weighted by atomic mass is 16.4. The van der Waals surface area contributed by atoms with Gasteiger partial charge in [0.15, 0.2) is 0 Å². The smallest absolute Gasteiger partial charge is 0.304 e. The second kappa shape index (κ2) is 5.71. The molecule has 1 aromatic rings. The second-order valence-electron chi connectivity index (χ2n) is 3.55. The number of nitrogens with one attached hydrogen (secondary N) is 1. The van der Waals surface area contributed by atoms with Gasteiger partial charge in [0, 0.05) is 12.1 Å². The lowest BCUT2D eigenvalue weighted by atomic mass is 10.1. The number of phenolic OH excluding ortho intramolecular Hbond substituents is 1. The maximum Gasteiger partial charge on any atom is 0.304 e. The van der Waals surface area contributed by atoms with E-state index in [4.69, 9.17) is 10.5 Å². The third-order valence-corrected chi connectivity index (χ3v) is 2.12. The van der Waals surface area contributed by atoms with Gasteiger partial charge in [-0.25, -0.2) is 0 Å². The van der Waals surface area contributed by atoms with E-state index in [1.807, 2.05) is 0 Å². The van der Waals surface area contributed by atoms with Crippen LogP contribution in [0, 0.1) is 17.3 Å². The molecule has 1 rings (SSSR count). The van der Waals surface area contributed by atoms with Crippen molar-refractivity contribution in [3.8, 4) is 17.6 Å². The lowest BCUT2D eigenvalue weighted by molar-refractivity contribution is -0.136. The molecule has 0 radical (unpaired) electrons.